The van der Waals surface area contributed by atoms with E-state index in [0.717, 1.165) is 23.1 Å². The van der Waals surface area contributed by atoms with Crippen molar-refractivity contribution in [1.29, 1.82) is 0 Å². The molecule has 3 aromatic rings. The second-order valence-corrected chi connectivity index (χ2v) is 12.6. The fourth-order valence-corrected chi connectivity index (χ4v) is 6.65. The van der Waals surface area contributed by atoms with Crippen LogP contribution in [0.3, 0.4) is 0 Å². The summed E-state index contributed by atoms with van der Waals surface area (Å²) in [6.07, 6.45) is 2.50. The number of fused-ring (bicyclic) bond motifs is 1. The molecule has 1 aromatic heterocycles. The molecule has 2 aromatic carbocycles. The largest absolute Gasteiger partial charge is 0.481 e. The number of sulfonamides is 1. The summed E-state index contributed by atoms with van der Waals surface area (Å²) in [6.45, 7) is 7.97. The second-order valence-electron chi connectivity index (χ2n) is 10.7. The third-order valence-corrected chi connectivity index (χ3v) is 9.33. The molecule has 0 fully saturated rings. The normalized spacial score (nSPS) is 18.5. The number of nitrogens with zero attached hydrogens (tertiary/aromatic N) is 4. The Bertz CT molecular complexity index is 1420. The van der Waals surface area contributed by atoms with Crippen molar-refractivity contribution in [3.8, 4) is 0 Å². The summed E-state index contributed by atoms with van der Waals surface area (Å²) in [5.41, 5.74) is 2.60. The van der Waals surface area contributed by atoms with Gasteiger partial charge in [0.2, 0.25) is 10.0 Å². The van der Waals surface area contributed by atoms with E-state index in [2.05, 4.69) is 17.2 Å². The van der Waals surface area contributed by atoms with E-state index in [9.17, 15) is 18.3 Å². The van der Waals surface area contributed by atoms with Crippen molar-refractivity contribution in [3.05, 3.63) is 76.6 Å². The van der Waals surface area contributed by atoms with Gasteiger partial charge >= 0.3 is 5.97 Å². The lowest BCUT2D eigenvalue weighted by molar-refractivity contribution is -0.158. The van der Waals surface area contributed by atoms with Crippen LogP contribution in [0.15, 0.2) is 53.6 Å². The molecule has 0 radical (unpaired) electrons. The summed E-state index contributed by atoms with van der Waals surface area (Å²) in [5.74, 6) is -0.799. The molecule has 1 aliphatic heterocycles. The Hall–Kier alpha value is -3.08. The summed E-state index contributed by atoms with van der Waals surface area (Å²) < 4.78 is 36.8. The van der Waals surface area contributed by atoms with Crippen LogP contribution in [0.4, 0.5) is 0 Å². The first-order valence-corrected chi connectivity index (χ1v) is 14.2. The van der Waals surface area contributed by atoms with Crippen LogP contribution in [0, 0.1) is 18.3 Å². The molecule has 9 nitrogen and oxygen atoms in total. The first-order valence-electron chi connectivity index (χ1n) is 12.8. The summed E-state index contributed by atoms with van der Waals surface area (Å²) in [6, 6.07) is 12.9. The molecule has 38 heavy (non-hydrogen) atoms. The summed E-state index contributed by atoms with van der Waals surface area (Å²) >= 11 is 0. The first kappa shape index (κ1) is 27.9. The lowest BCUT2D eigenvalue weighted by atomic mass is 9.81. The Balaban J connectivity index is 1.69. The van der Waals surface area contributed by atoms with Crippen LogP contribution in [0.2, 0.25) is 0 Å². The van der Waals surface area contributed by atoms with Gasteiger partial charge in [-0.3, -0.25) is 9.48 Å². The standard InChI is InChI=1S/C28H36N4O5S/c1-6-20-13-21-9-7-8-10-25(21)38(35,36)32(15-20)16-23-14-22(12-11-19(23)2)26(28(3,4)27(33)34)37-18-24-17-31(5)30-29-24/h7-12,14,17,20,26H,6,13,15-16,18H2,1-5H3,(H,33,34)/t20-,26+/m0/s1. The van der Waals surface area contributed by atoms with Crippen molar-refractivity contribution in [3.63, 3.8) is 0 Å². The summed E-state index contributed by atoms with van der Waals surface area (Å²) in [7, 11) is -1.96. The van der Waals surface area contributed by atoms with Gasteiger partial charge in [0.15, 0.2) is 0 Å². The van der Waals surface area contributed by atoms with Crippen LogP contribution in [-0.2, 0) is 46.2 Å². The van der Waals surface area contributed by atoms with Crippen LogP contribution in [0.5, 0.6) is 0 Å². The Morgan fingerprint density at radius 1 is 1.24 bits per heavy atom. The third-order valence-electron chi connectivity index (χ3n) is 7.42. The minimum absolute atomic E-state index is 0.0912. The number of hydrogen-bond acceptors (Lipinski definition) is 6. The lowest BCUT2D eigenvalue weighted by Gasteiger charge is -2.31. The predicted molar refractivity (Wildman–Crippen MR) is 143 cm³/mol. The van der Waals surface area contributed by atoms with E-state index in [1.807, 2.05) is 37.3 Å². The van der Waals surface area contributed by atoms with Crippen molar-refractivity contribution in [2.75, 3.05) is 6.54 Å². The third kappa shape index (κ3) is 5.67. The van der Waals surface area contributed by atoms with E-state index in [-0.39, 0.29) is 19.1 Å². The SMILES string of the molecule is CC[C@H]1Cc2ccccc2S(=O)(=O)N(Cc2cc([C@@H](OCc3cn(C)nn3)C(C)(C)C(=O)O)ccc2C)C1. The molecule has 0 spiro atoms. The van der Waals surface area contributed by atoms with Crippen LogP contribution in [0.1, 0.15) is 61.2 Å². The molecule has 2 heterocycles. The van der Waals surface area contributed by atoms with Gasteiger partial charge in [-0.25, -0.2) is 8.42 Å². The number of aliphatic carboxylic acids is 1. The highest BCUT2D eigenvalue weighted by atomic mass is 32.2. The van der Waals surface area contributed by atoms with Crippen LogP contribution >= 0.6 is 0 Å². The average molecular weight is 541 g/mol. The smallest absolute Gasteiger partial charge is 0.312 e. The van der Waals surface area contributed by atoms with Crippen molar-refractivity contribution in [2.45, 2.75) is 64.7 Å². The Morgan fingerprint density at radius 3 is 2.63 bits per heavy atom. The van der Waals surface area contributed by atoms with Crippen molar-refractivity contribution in [2.24, 2.45) is 18.4 Å². The van der Waals surface area contributed by atoms with Crippen LogP contribution in [0.25, 0.3) is 0 Å². The van der Waals surface area contributed by atoms with Crippen LogP contribution in [-0.4, -0.2) is 45.3 Å². The van der Waals surface area contributed by atoms with Crippen molar-refractivity contribution >= 4 is 16.0 Å². The van der Waals surface area contributed by atoms with E-state index in [1.165, 1.54) is 0 Å². The second kappa shape index (κ2) is 11.0. The van der Waals surface area contributed by atoms with Gasteiger partial charge in [0, 0.05) is 20.1 Å². The van der Waals surface area contributed by atoms with Crippen molar-refractivity contribution in [1.82, 2.24) is 19.3 Å². The number of carbonyl (C=O) groups is 1. The molecular weight excluding hydrogens is 504 g/mol. The van der Waals surface area contributed by atoms with E-state index in [4.69, 9.17) is 4.74 Å². The molecule has 0 unspecified atom stereocenters. The molecule has 204 valence electrons. The Labute approximate surface area is 224 Å². The number of ether oxygens (including phenoxy) is 1. The zero-order valence-electron chi connectivity index (χ0n) is 22.6. The van der Waals surface area contributed by atoms with E-state index < -0.39 is 27.5 Å². The molecule has 10 heteroatoms. The fraction of sp³-hybridized carbons (Fsp3) is 0.464. The number of aryl methyl sites for hydroxylation is 2. The molecule has 2 atom stereocenters. The number of carboxylic acids is 1. The van der Waals surface area contributed by atoms with Gasteiger partial charge < -0.3 is 9.84 Å². The molecule has 0 aliphatic carbocycles. The monoisotopic (exact) mass is 540 g/mol. The Morgan fingerprint density at radius 2 is 1.97 bits per heavy atom. The molecule has 0 amide bonds. The van der Waals surface area contributed by atoms with Gasteiger partial charge in [0.1, 0.15) is 5.69 Å². The quantitative estimate of drug-likeness (QED) is 0.431. The molecule has 0 bridgehead atoms. The van der Waals surface area contributed by atoms with E-state index in [0.29, 0.717) is 29.1 Å². The van der Waals surface area contributed by atoms with Gasteiger partial charge in [0.05, 0.1) is 29.2 Å². The number of aromatic nitrogens is 3. The predicted octanol–water partition coefficient (Wildman–Crippen LogP) is 4.27. The van der Waals surface area contributed by atoms with Crippen LogP contribution < -0.4 is 0 Å². The maximum absolute atomic E-state index is 13.7. The van der Waals surface area contributed by atoms with E-state index >= 15 is 0 Å². The number of benzene rings is 2. The number of carboxylic acid groups (broad SMARTS) is 1. The highest BCUT2D eigenvalue weighted by molar-refractivity contribution is 7.89. The molecule has 0 saturated carbocycles. The number of hydrogen-bond donors (Lipinski definition) is 1. The zero-order chi connectivity index (χ0) is 27.7. The maximum Gasteiger partial charge on any atom is 0.312 e. The lowest BCUT2D eigenvalue weighted by Crippen LogP contribution is -2.34. The zero-order valence-corrected chi connectivity index (χ0v) is 23.4. The summed E-state index contributed by atoms with van der Waals surface area (Å²) in [4.78, 5) is 12.6. The fourth-order valence-electron chi connectivity index (χ4n) is 4.93. The van der Waals surface area contributed by atoms with Gasteiger partial charge in [-0.1, -0.05) is 55.0 Å². The molecule has 1 aliphatic rings. The molecule has 1 N–H and O–H groups in total. The highest BCUT2D eigenvalue weighted by Gasteiger charge is 2.40. The minimum atomic E-state index is -3.71. The average Bonchev–Trinajstić information content (AvgIpc) is 3.25. The van der Waals surface area contributed by atoms with Crippen molar-refractivity contribution < 1.29 is 23.1 Å². The van der Waals surface area contributed by atoms with E-state index in [1.54, 1.807) is 48.2 Å². The molecule has 0 saturated heterocycles. The highest BCUT2D eigenvalue weighted by Crippen LogP contribution is 2.39. The minimum Gasteiger partial charge on any atom is -0.481 e. The Kier molecular flexibility index (Phi) is 8.06. The van der Waals surface area contributed by atoms with Gasteiger partial charge in [-0.15, -0.1) is 5.10 Å². The topological polar surface area (TPSA) is 115 Å². The van der Waals surface area contributed by atoms with Gasteiger partial charge in [0.25, 0.3) is 0 Å². The first-order chi connectivity index (χ1) is 17.9. The van der Waals surface area contributed by atoms with Gasteiger partial charge in [-0.05, 0) is 61.4 Å². The maximum atomic E-state index is 13.7. The van der Waals surface area contributed by atoms with Gasteiger partial charge in [-0.2, -0.15) is 4.31 Å². The molecular formula is C28H36N4O5S. The molecule has 4 rings (SSSR count). The summed E-state index contributed by atoms with van der Waals surface area (Å²) in [5, 5.41) is 18.0. The number of rotatable bonds is 9.